The standard InChI is InChI=1S/C14H23N3S/c1-2-5-13-11(8-15)9-16-14(17-13)10-18-12-6-3-4-7-12/h9,12H,2-8,10,15H2,1H3. The van der Waals surface area contributed by atoms with E-state index in [1.165, 1.54) is 25.7 Å². The van der Waals surface area contributed by atoms with Gasteiger partial charge in [0.05, 0.1) is 5.75 Å². The Morgan fingerprint density at radius 3 is 2.83 bits per heavy atom. The number of aromatic nitrogens is 2. The van der Waals surface area contributed by atoms with Crippen LogP contribution in [0.15, 0.2) is 6.20 Å². The SMILES string of the molecule is CCCc1nc(CSC2CCCC2)ncc1CN. The maximum absolute atomic E-state index is 5.72. The molecule has 0 saturated heterocycles. The molecule has 0 radical (unpaired) electrons. The molecule has 1 heterocycles. The highest BCUT2D eigenvalue weighted by Gasteiger charge is 2.16. The lowest BCUT2D eigenvalue weighted by Gasteiger charge is -2.10. The summed E-state index contributed by atoms with van der Waals surface area (Å²) in [6, 6.07) is 0. The van der Waals surface area contributed by atoms with Gasteiger partial charge >= 0.3 is 0 Å². The van der Waals surface area contributed by atoms with Crippen molar-refractivity contribution >= 4 is 11.8 Å². The second-order valence-electron chi connectivity index (χ2n) is 4.93. The third-order valence-corrected chi connectivity index (χ3v) is 4.83. The van der Waals surface area contributed by atoms with Crippen molar-refractivity contribution in [1.29, 1.82) is 0 Å². The minimum Gasteiger partial charge on any atom is -0.326 e. The third kappa shape index (κ3) is 3.69. The van der Waals surface area contributed by atoms with Crippen LogP contribution in [0, 0.1) is 0 Å². The zero-order valence-electron chi connectivity index (χ0n) is 11.2. The van der Waals surface area contributed by atoms with Gasteiger partial charge in [0.25, 0.3) is 0 Å². The van der Waals surface area contributed by atoms with E-state index < -0.39 is 0 Å². The summed E-state index contributed by atoms with van der Waals surface area (Å²) in [4.78, 5) is 9.12. The molecule has 1 fully saturated rings. The molecule has 0 aliphatic heterocycles. The molecule has 0 amide bonds. The van der Waals surface area contributed by atoms with E-state index in [0.717, 1.165) is 40.9 Å². The van der Waals surface area contributed by atoms with Crippen molar-refractivity contribution in [3.63, 3.8) is 0 Å². The number of hydrogen-bond acceptors (Lipinski definition) is 4. The van der Waals surface area contributed by atoms with E-state index in [1.54, 1.807) is 0 Å². The van der Waals surface area contributed by atoms with Crippen LogP contribution in [-0.2, 0) is 18.7 Å². The first-order valence-electron chi connectivity index (χ1n) is 6.98. The smallest absolute Gasteiger partial charge is 0.138 e. The number of rotatable bonds is 6. The summed E-state index contributed by atoms with van der Waals surface area (Å²) in [5.74, 6) is 1.93. The van der Waals surface area contributed by atoms with Crippen LogP contribution in [0.3, 0.4) is 0 Å². The van der Waals surface area contributed by atoms with Crippen molar-refractivity contribution in [3.8, 4) is 0 Å². The van der Waals surface area contributed by atoms with E-state index in [9.17, 15) is 0 Å². The number of nitrogens with zero attached hydrogens (tertiary/aromatic N) is 2. The molecule has 3 nitrogen and oxygen atoms in total. The van der Waals surface area contributed by atoms with Crippen LogP contribution in [-0.4, -0.2) is 15.2 Å². The van der Waals surface area contributed by atoms with E-state index >= 15 is 0 Å². The van der Waals surface area contributed by atoms with Crippen molar-refractivity contribution in [2.24, 2.45) is 5.73 Å². The normalized spacial score (nSPS) is 16.3. The third-order valence-electron chi connectivity index (χ3n) is 3.46. The number of aryl methyl sites for hydroxylation is 1. The molecule has 1 aliphatic rings. The Bertz CT molecular complexity index is 375. The van der Waals surface area contributed by atoms with Crippen LogP contribution in [0.4, 0.5) is 0 Å². The predicted octanol–water partition coefficient (Wildman–Crippen LogP) is 3.06. The lowest BCUT2D eigenvalue weighted by molar-refractivity contribution is 0.817. The summed E-state index contributed by atoms with van der Waals surface area (Å²) in [6.45, 7) is 2.72. The van der Waals surface area contributed by atoms with E-state index in [-0.39, 0.29) is 0 Å². The molecule has 1 aromatic heterocycles. The Labute approximate surface area is 114 Å². The minimum atomic E-state index is 0.547. The summed E-state index contributed by atoms with van der Waals surface area (Å²) in [5, 5.41) is 0.831. The maximum atomic E-state index is 5.72. The first-order chi connectivity index (χ1) is 8.83. The van der Waals surface area contributed by atoms with Gasteiger partial charge in [-0.25, -0.2) is 9.97 Å². The van der Waals surface area contributed by atoms with Gasteiger partial charge < -0.3 is 5.73 Å². The topological polar surface area (TPSA) is 51.8 Å². The summed E-state index contributed by atoms with van der Waals surface area (Å²) in [7, 11) is 0. The number of nitrogens with two attached hydrogens (primary N) is 1. The fraction of sp³-hybridized carbons (Fsp3) is 0.714. The average Bonchev–Trinajstić information content (AvgIpc) is 2.90. The van der Waals surface area contributed by atoms with Crippen LogP contribution in [0.2, 0.25) is 0 Å². The molecule has 2 rings (SSSR count). The van der Waals surface area contributed by atoms with Gasteiger partial charge in [-0.15, -0.1) is 0 Å². The summed E-state index contributed by atoms with van der Waals surface area (Å²) in [6.07, 6.45) is 9.57. The average molecular weight is 265 g/mol. The van der Waals surface area contributed by atoms with Gasteiger partial charge in [0, 0.05) is 29.2 Å². The first kappa shape index (κ1) is 13.8. The summed E-state index contributed by atoms with van der Waals surface area (Å²) >= 11 is 2.02. The van der Waals surface area contributed by atoms with Crippen molar-refractivity contribution < 1.29 is 0 Å². The molecule has 2 N–H and O–H groups in total. The monoisotopic (exact) mass is 265 g/mol. The van der Waals surface area contributed by atoms with E-state index in [0.29, 0.717) is 6.54 Å². The van der Waals surface area contributed by atoms with E-state index in [2.05, 4.69) is 16.9 Å². The Balaban J connectivity index is 1.96. The maximum Gasteiger partial charge on any atom is 0.138 e. The van der Waals surface area contributed by atoms with Crippen LogP contribution in [0.5, 0.6) is 0 Å². The van der Waals surface area contributed by atoms with Crippen molar-refractivity contribution in [3.05, 3.63) is 23.3 Å². The molecule has 18 heavy (non-hydrogen) atoms. The Morgan fingerprint density at radius 2 is 2.17 bits per heavy atom. The van der Waals surface area contributed by atoms with Gasteiger partial charge in [-0.1, -0.05) is 26.2 Å². The highest BCUT2D eigenvalue weighted by molar-refractivity contribution is 7.99. The van der Waals surface area contributed by atoms with Crippen molar-refractivity contribution in [1.82, 2.24) is 9.97 Å². The number of thioether (sulfide) groups is 1. The molecular weight excluding hydrogens is 242 g/mol. The lowest BCUT2D eigenvalue weighted by atomic mass is 10.1. The molecule has 0 atom stereocenters. The zero-order chi connectivity index (χ0) is 12.8. The fourth-order valence-electron chi connectivity index (χ4n) is 2.42. The second-order valence-corrected chi connectivity index (χ2v) is 6.22. The second kappa shape index (κ2) is 7.10. The molecule has 4 heteroatoms. The Kier molecular flexibility index (Phi) is 5.45. The molecule has 1 aromatic rings. The predicted molar refractivity (Wildman–Crippen MR) is 77.5 cm³/mol. The van der Waals surface area contributed by atoms with Crippen LogP contribution in [0.1, 0.15) is 56.1 Å². The summed E-state index contributed by atoms with van der Waals surface area (Å²) in [5.41, 5.74) is 7.97. The van der Waals surface area contributed by atoms with Gasteiger partial charge in [-0.3, -0.25) is 0 Å². The van der Waals surface area contributed by atoms with Gasteiger partial charge in [-0.2, -0.15) is 11.8 Å². The minimum absolute atomic E-state index is 0.547. The molecular formula is C14H23N3S. The van der Waals surface area contributed by atoms with Crippen LogP contribution >= 0.6 is 11.8 Å². The highest BCUT2D eigenvalue weighted by atomic mass is 32.2. The van der Waals surface area contributed by atoms with Gasteiger partial charge in [-0.05, 0) is 19.3 Å². The van der Waals surface area contributed by atoms with E-state index in [4.69, 9.17) is 5.73 Å². The van der Waals surface area contributed by atoms with Gasteiger partial charge in [0.1, 0.15) is 5.82 Å². The Hall–Kier alpha value is -0.610. The van der Waals surface area contributed by atoms with Gasteiger partial charge in [0.15, 0.2) is 0 Å². The first-order valence-corrected chi connectivity index (χ1v) is 8.03. The molecule has 100 valence electrons. The van der Waals surface area contributed by atoms with Crippen molar-refractivity contribution in [2.45, 2.75) is 63.0 Å². The zero-order valence-corrected chi connectivity index (χ0v) is 12.0. The van der Waals surface area contributed by atoms with Crippen LogP contribution < -0.4 is 5.73 Å². The van der Waals surface area contributed by atoms with Gasteiger partial charge in [0.2, 0.25) is 0 Å². The summed E-state index contributed by atoms with van der Waals surface area (Å²) < 4.78 is 0. The number of hydrogen-bond donors (Lipinski definition) is 1. The lowest BCUT2D eigenvalue weighted by Crippen LogP contribution is -2.08. The largest absolute Gasteiger partial charge is 0.326 e. The molecule has 1 saturated carbocycles. The highest BCUT2D eigenvalue weighted by Crippen LogP contribution is 2.30. The molecule has 1 aliphatic carbocycles. The van der Waals surface area contributed by atoms with Crippen molar-refractivity contribution in [2.75, 3.05) is 0 Å². The molecule has 0 aromatic carbocycles. The quantitative estimate of drug-likeness (QED) is 0.859. The molecule has 0 spiro atoms. The van der Waals surface area contributed by atoms with E-state index in [1.807, 2.05) is 18.0 Å². The molecule has 0 bridgehead atoms. The van der Waals surface area contributed by atoms with Crippen LogP contribution in [0.25, 0.3) is 0 Å². The fourth-order valence-corrected chi connectivity index (χ4v) is 3.61. The Morgan fingerprint density at radius 1 is 1.39 bits per heavy atom. The molecule has 0 unspecified atom stereocenters.